The second kappa shape index (κ2) is 6.71. The summed E-state index contributed by atoms with van der Waals surface area (Å²) in [5.74, 6) is -1.41. The first kappa shape index (κ1) is 17.5. The normalized spacial score (nSPS) is 11.2. The second-order valence-corrected chi connectivity index (χ2v) is 5.00. The molecule has 0 radical (unpaired) electrons. The molecule has 0 heterocycles. The zero-order chi connectivity index (χ0) is 17.9. The average molecular weight is 338 g/mol. The van der Waals surface area contributed by atoms with Crippen LogP contribution in [0.2, 0.25) is 0 Å². The molecule has 0 fully saturated rings. The number of hydrogen-bond acceptors (Lipinski definition) is 3. The summed E-state index contributed by atoms with van der Waals surface area (Å²) in [6, 6.07) is 9.40. The Balaban J connectivity index is 2.07. The Hall–Kier alpha value is -2.87. The Morgan fingerprint density at radius 2 is 1.46 bits per heavy atom. The minimum Gasteiger partial charge on any atom is -0.366 e. The van der Waals surface area contributed by atoms with Crippen molar-refractivity contribution < 1.29 is 28.0 Å². The Bertz CT molecular complexity index is 741. The fraction of sp³-hybridized carbons (Fsp3) is 0.125. The quantitative estimate of drug-likeness (QED) is 0.664. The molecular formula is C16H13F3N2O3. The molecule has 2 rings (SSSR count). The monoisotopic (exact) mass is 338 g/mol. The Labute approximate surface area is 135 Å². The van der Waals surface area contributed by atoms with Gasteiger partial charge in [0.15, 0.2) is 0 Å². The van der Waals surface area contributed by atoms with Crippen LogP contribution in [0.1, 0.15) is 31.8 Å². The van der Waals surface area contributed by atoms with E-state index in [-0.39, 0.29) is 17.7 Å². The molecule has 5 nitrogen and oxygen atoms in total. The van der Waals surface area contributed by atoms with Crippen molar-refractivity contribution in [1.29, 1.82) is 0 Å². The molecule has 0 unspecified atom stereocenters. The summed E-state index contributed by atoms with van der Waals surface area (Å²) in [6.07, 6.45) is -4.45. The molecule has 0 aliphatic heterocycles. The summed E-state index contributed by atoms with van der Waals surface area (Å²) in [7, 11) is 0. The predicted molar refractivity (Wildman–Crippen MR) is 78.1 cm³/mol. The zero-order valence-corrected chi connectivity index (χ0v) is 12.2. The third-order valence-corrected chi connectivity index (χ3v) is 3.26. The van der Waals surface area contributed by atoms with E-state index in [0.29, 0.717) is 10.6 Å². The maximum absolute atomic E-state index is 12.5. The van der Waals surface area contributed by atoms with Gasteiger partial charge in [0, 0.05) is 11.1 Å². The molecule has 24 heavy (non-hydrogen) atoms. The molecule has 0 saturated heterocycles. The Morgan fingerprint density at radius 3 is 1.92 bits per heavy atom. The standard InChI is InChI=1S/C16H13F3N2O3/c17-16(18,19)13-7-1-10(2-8-13)9-21(24)15(23)12-5-3-11(4-6-12)14(20)22/h1-8,24H,9H2,(H2,20,22). The molecule has 2 aromatic rings. The smallest absolute Gasteiger partial charge is 0.366 e. The molecule has 0 aliphatic rings. The number of rotatable bonds is 4. The fourth-order valence-electron chi connectivity index (χ4n) is 1.97. The number of alkyl halides is 3. The molecule has 0 aliphatic carbocycles. The van der Waals surface area contributed by atoms with Gasteiger partial charge in [-0.3, -0.25) is 14.8 Å². The highest BCUT2D eigenvalue weighted by atomic mass is 19.4. The van der Waals surface area contributed by atoms with E-state index in [4.69, 9.17) is 5.73 Å². The van der Waals surface area contributed by atoms with E-state index in [0.717, 1.165) is 12.1 Å². The van der Waals surface area contributed by atoms with Gasteiger partial charge in [0.1, 0.15) is 0 Å². The number of primary amides is 1. The van der Waals surface area contributed by atoms with Crippen molar-refractivity contribution >= 4 is 11.8 Å². The molecule has 0 atom stereocenters. The molecule has 3 N–H and O–H groups in total. The highest BCUT2D eigenvalue weighted by molar-refractivity contribution is 5.96. The summed E-state index contributed by atoms with van der Waals surface area (Å²) in [5.41, 5.74) is 4.90. The molecule has 8 heteroatoms. The van der Waals surface area contributed by atoms with Crippen LogP contribution in [0.5, 0.6) is 0 Å². The highest BCUT2D eigenvalue weighted by Crippen LogP contribution is 2.29. The molecule has 126 valence electrons. The van der Waals surface area contributed by atoms with Crippen LogP contribution in [0.4, 0.5) is 13.2 Å². The van der Waals surface area contributed by atoms with Crippen molar-refractivity contribution in [3.8, 4) is 0 Å². The van der Waals surface area contributed by atoms with Gasteiger partial charge in [-0.05, 0) is 42.0 Å². The fourth-order valence-corrected chi connectivity index (χ4v) is 1.97. The number of hydroxylamine groups is 2. The third-order valence-electron chi connectivity index (χ3n) is 3.26. The maximum Gasteiger partial charge on any atom is 0.416 e. The van der Waals surface area contributed by atoms with E-state index < -0.39 is 23.6 Å². The van der Waals surface area contributed by atoms with Crippen LogP contribution in [0.25, 0.3) is 0 Å². The highest BCUT2D eigenvalue weighted by Gasteiger charge is 2.30. The van der Waals surface area contributed by atoms with Crippen molar-refractivity contribution in [2.24, 2.45) is 5.73 Å². The first-order chi connectivity index (χ1) is 11.2. The SMILES string of the molecule is NC(=O)c1ccc(C(=O)N(O)Cc2ccc(C(F)(F)F)cc2)cc1. The maximum atomic E-state index is 12.5. The number of halogens is 3. The molecule has 0 aromatic heterocycles. The van der Waals surface area contributed by atoms with Crippen LogP contribution < -0.4 is 5.73 Å². The van der Waals surface area contributed by atoms with Gasteiger partial charge in [-0.2, -0.15) is 13.2 Å². The van der Waals surface area contributed by atoms with Crippen molar-refractivity contribution in [3.63, 3.8) is 0 Å². The van der Waals surface area contributed by atoms with E-state index in [2.05, 4.69) is 0 Å². The van der Waals surface area contributed by atoms with Gasteiger partial charge >= 0.3 is 6.18 Å². The van der Waals surface area contributed by atoms with Crippen LogP contribution in [0.3, 0.4) is 0 Å². The lowest BCUT2D eigenvalue weighted by Crippen LogP contribution is -2.27. The Kier molecular flexibility index (Phi) is 4.89. The Morgan fingerprint density at radius 1 is 0.958 bits per heavy atom. The number of carbonyl (C=O) groups excluding carboxylic acids is 2. The van der Waals surface area contributed by atoms with Gasteiger partial charge in [0.2, 0.25) is 5.91 Å². The van der Waals surface area contributed by atoms with Gasteiger partial charge in [-0.15, -0.1) is 0 Å². The molecule has 2 aromatic carbocycles. The molecule has 0 spiro atoms. The molecule has 2 amide bonds. The average Bonchev–Trinajstić information content (AvgIpc) is 2.54. The van der Waals surface area contributed by atoms with Gasteiger partial charge in [0.05, 0.1) is 12.1 Å². The van der Waals surface area contributed by atoms with E-state index in [1.807, 2.05) is 0 Å². The lowest BCUT2D eigenvalue weighted by atomic mass is 10.1. The number of amides is 2. The van der Waals surface area contributed by atoms with Crippen molar-refractivity contribution in [2.75, 3.05) is 0 Å². The second-order valence-electron chi connectivity index (χ2n) is 5.00. The van der Waals surface area contributed by atoms with Gasteiger partial charge in [0.25, 0.3) is 5.91 Å². The zero-order valence-electron chi connectivity index (χ0n) is 12.2. The van der Waals surface area contributed by atoms with E-state index >= 15 is 0 Å². The topological polar surface area (TPSA) is 83.6 Å². The number of nitrogens with zero attached hydrogens (tertiary/aromatic N) is 1. The van der Waals surface area contributed by atoms with Gasteiger partial charge < -0.3 is 5.73 Å². The largest absolute Gasteiger partial charge is 0.416 e. The molecular weight excluding hydrogens is 325 g/mol. The van der Waals surface area contributed by atoms with E-state index in [1.54, 1.807) is 0 Å². The van der Waals surface area contributed by atoms with Gasteiger partial charge in [-0.25, -0.2) is 5.06 Å². The lowest BCUT2D eigenvalue weighted by molar-refractivity contribution is -0.137. The molecule has 0 saturated carbocycles. The number of benzene rings is 2. The predicted octanol–water partition coefficient (Wildman–Crippen LogP) is 2.84. The minimum atomic E-state index is -4.45. The summed E-state index contributed by atoms with van der Waals surface area (Å²) < 4.78 is 37.4. The lowest BCUT2D eigenvalue weighted by Gasteiger charge is -2.16. The van der Waals surface area contributed by atoms with E-state index in [9.17, 15) is 28.0 Å². The van der Waals surface area contributed by atoms with Gasteiger partial charge in [-0.1, -0.05) is 12.1 Å². The van der Waals surface area contributed by atoms with Crippen molar-refractivity contribution in [3.05, 3.63) is 70.8 Å². The third kappa shape index (κ3) is 4.11. The summed E-state index contributed by atoms with van der Waals surface area (Å²) in [4.78, 5) is 23.0. The summed E-state index contributed by atoms with van der Waals surface area (Å²) >= 11 is 0. The van der Waals surface area contributed by atoms with Crippen LogP contribution in [0.15, 0.2) is 48.5 Å². The van der Waals surface area contributed by atoms with E-state index in [1.165, 1.54) is 36.4 Å². The summed E-state index contributed by atoms with van der Waals surface area (Å²) in [6.45, 7) is -0.283. The number of nitrogens with two attached hydrogens (primary N) is 1. The number of carbonyl (C=O) groups is 2. The summed E-state index contributed by atoms with van der Waals surface area (Å²) in [5, 5.41) is 10.2. The molecule has 0 bridgehead atoms. The van der Waals surface area contributed by atoms with Crippen LogP contribution in [0, 0.1) is 0 Å². The van der Waals surface area contributed by atoms with Crippen molar-refractivity contribution in [2.45, 2.75) is 12.7 Å². The number of hydrogen-bond donors (Lipinski definition) is 2. The van der Waals surface area contributed by atoms with Crippen LogP contribution >= 0.6 is 0 Å². The van der Waals surface area contributed by atoms with Crippen molar-refractivity contribution in [1.82, 2.24) is 5.06 Å². The first-order valence-electron chi connectivity index (χ1n) is 6.75. The first-order valence-corrected chi connectivity index (χ1v) is 6.75. The minimum absolute atomic E-state index is 0.106. The van der Waals surface area contributed by atoms with Crippen LogP contribution in [-0.4, -0.2) is 22.1 Å². The van der Waals surface area contributed by atoms with Crippen LogP contribution in [-0.2, 0) is 12.7 Å².